The molecule has 3 N–H and O–H groups in total. The van der Waals surface area contributed by atoms with Crippen LogP contribution in [0.2, 0.25) is 0 Å². The second-order valence-electron chi connectivity index (χ2n) is 5.79. The standard InChI is InChI=1S/C19H19FN2O2/c20-16-4-2-1-3-14(16)12-24-18-9-5-13(11-17(18)21)6-10-19(23)22-15-7-8-15/h1-6,9-11,15H,7-8,12,21H2,(H,22,23)/b10-6-. The maximum Gasteiger partial charge on any atom is 0.244 e. The highest BCUT2D eigenvalue weighted by Gasteiger charge is 2.21. The number of anilines is 1. The Morgan fingerprint density at radius 1 is 1.29 bits per heavy atom. The lowest BCUT2D eigenvalue weighted by molar-refractivity contribution is -0.116. The molecule has 0 atom stereocenters. The summed E-state index contributed by atoms with van der Waals surface area (Å²) in [7, 11) is 0. The highest BCUT2D eigenvalue weighted by molar-refractivity contribution is 5.92. The molecule has 0 spiro atoms. The molecule has 0 heterocycles. The van der Waals surface area contributed by atoms with Crippen LogP contribution >= 0.6 is 0 Å². The summed E-state index contributed by atoms with van der Waals surface area (Å²) in [6.07, 6.45) is 5.31. The number of rotatable bonds is 6. The molecule has 0 saturated heterocycles. The summed E-state index contributed by atoms with van der Waals surface area (Å²) in [6, 6.07) is 12.0. The summed E-state index contributed by atoms with van der Waals surface area (Å²) < 4.78 is 19.1. The summed E-state index contributed by atoms with van der Waals surface area (Å²) in [6.45, 7) is 0.107. The van der Waals surface area contributed by atoms with E-state index in [2.05, 4.69) is 5.32 Å². The molecule has 1 aliphatic carbocycles. The molecule has 1 saturated carbocycles. The van der Waals surface area contributed by atoms with Crippen LogP contribution in [0.5, 0.6) is 5.75 Å². The van der Waals surface area contributed by atoms with E-state index in [-0.39, 0.29) is 18.3 Å². The van der Waals surface area contributed by atoms with Crippen LogP contribution in [0.4, 0.5) is 10.1 Å². The van der Waals surface area contributed by atoms with Gasteiger partial charge in [-0.15, -0.1) is 0 Å². The molecule has 1 aliphatic rings. The van der Waals surface area contributed by atoms with Crippen molar-refractivity contribution in [3.05, 3.63) is 65.5 Å². The number of carbonyl (C=O) groups excluding carboxylic acids is 1. The van der Waals surface area contributed by atoms with E-state index in [0.29, 0.717) is 23.0 Å². The van der Waals surface area contributed by atoms with Gasteiger partial charge in [0.05, 0.1) is 5.69 Å². The van der Waals surface area contributed by atoms with E-state index < -0.39 is 0 Å². The summed E-state index contributed by atoms with van der Waals surface area (Å²) in [5.74, 6) is 0.0751. The highest BCUT2D eigenvalue weighted by atomic mass is 19.1. The van der Waals surface area contributed by atoms with Gasteiger partial charge in [0.15, 0.2) is 0 Å². The zero-order valence-electron chi connectivity index (χ0n) is 13.2. The normalized spacial score (nSPS) is 13.9. The minimum Gasteiger partial charge on any atom is -0.487 e. The maximum absolute atomic E-state index is 13.6. The smallest absolute Gasteiger partial charge is 0.244 e. The third kappa shape index (κ3) is 4.35. The van der Waals surface area contributed by atoms with Crippen molar-refractivity contribution in [2.75, 3.05) is 5.73 Å². The highest BCUT2D eigenvalue weighted by Crippen LogP contribution is 2.24. The van der Waals surface area contributed by atoms with Crippen molar-refractivity contribution in [2.24, 2.45) is 0 Å². The SMILES string of the molecule is Nc1cc(/C=C\C(=O)NC2CC2)ccc1OCc1ccccc1F. The molecule has 0 radical (unpaired) electrons. The van der Waals surface area contributed by atoms with Gasteiger partial charge in [-0.1, -0.05) is 24.3 Å². The van der Waals surface area contributed by atoms with Crippen LogP contribution in [0.1, 0.15) is 24.0 Å². The average molecular weight is 326 g/mol. The van der Waals surface area contributed by atoms with Crippen molar-refractivity contribution in [1.82, 2.24) is 5.32 Å². The number of carbonyl (C=O) groups is 1. The topological polar surface area (TPSA) is 64.4 Å². The van der Waals surface area contributed by atoms with E-state index in [0.717, 1.165) is 18.4 Å². The Morgan fingerprint density at radius 2 is 2.08 bits per heavy atom. The number of amides is 1. The van der Waals surface area contributed by atoms with Crippen molar-refractivity contribution >= 4 is 17.7 Å². The summed E-state index contributed by atoms with van der Waals surface area (Å²) >= 11 is 0. The molecular weight excluding hydrogens is 307 g/mol. The fraction of sp³-hybridized carbons (Fsp3) is 0.211. The molecule has 2 aromatic carbocycles. The third-order valence-corrected chi connectivity index (χ3v) is 3.73. The molecule has 3 rings (SSSR count). The van der Waals surface area contributed by atoms with Crippen LogP contribution in [-0.2, 0) is 11.4 Å². The molecule has 2 aromatic rings. The second kappa shape index (κ2) is 7.17. The van der Waals surface area contributed by atoms with E-state index >= 15 is 0 Å². The zero-order chi connectivity index (χ0) is 16.9. The Kier molecular flexibility index (Phi) is 4.79. The lowest BCUT2D eigenvalue weighted by Gasteiger charge is -2.10. The predicted octanol–water partition coefficient (Wildman–Crippen LogP) is 3.28. The molecule has 0 aliphatic heterocycles. The van der Waals surface area contributed by atoms with E-state index in [1.165, 1.54) is 12.1 Å². The Hall–Kier alpha value is -2.82. The minimum atomic E-state index is -0.308. The van der Waals surface area contributed by atoms with Gasteiger partial charge in [-0.2, -0.15) is 0 Å². The van der Waals surface area contributed by atoms with Gasteiger partial charge in [0.25, 0.3) is 0 Å². The number of hydrogen-bond acceptors (Lipinski definition) is 3. The number of hydrogen-bond donors (Lipinski definition) is 2. The summed E-state index contributed by atoms with van der Waals surface area (Å²) in [5, 5.41) is 2.88. The third-order valence-electron chi connectivity index (χ3n) is 3.73. The summed E-state index contributed by atoms with van der Waals surface area (Å²) in [5.41, 5.74) is 7.68. The molecule has 0 bridgehead atoms. The maximum atomic E-state index is 13.6. The van der Waals surface area contributed by atoms with Gasteiger partial charge in [-0.3, -0.25) is 4.79 Å². The fourth-order valence-electron chi connectivity index (χ4n) is 2.22. The fourth-order valence-corrected chi connectivity index (χ4v) is 2.22. The Balaban J connectivity index is 1.60. The zero-order valence-corrected chi connectivity index (χ0v) is 13.2. The number of nitrogen functional groups attached to an aromatic ring is 1. The van der Waals surface area contributed by atoms with E-state index in [1.54, 1.807) is 42.5 Å². The predicted molar refractivity (Wildman–Crippen MR) is 91.8 cm³/mol. The molecule has 1 amide bonds. The molecule has 124 valence electrons. The minimum absolute atomic E-state index is 0.101. The van der Waals surface area contributed by atoms with Gasteiger partial charge < -0.3 is 15.8 Å². The first kappa shape index (κ1) is 16.1. The van der Waals surface area contributed by atoms with E-state index in [4.69, 9.17) is 10.5 Å². The van der Waals surface area contributed by atoms with Gasteiger partial charge in [-0.25, -0.2) is 4.39 Å². The van der Waals surface area contributed by atoms with Crippen molar-refractivity contribution in [3.8, 4) is 5.75 Å². The largest absolute Gasteiger partial charge is 0.487 e. The lowest BCUT2D eigenvalue weighted by atomic mass is 10.1. The first-order valence-corrected chi connectivity index (χ1v) is 7.86. The van der Waals surface area contributed by atoms with Crippen LogP contribution in [0, 0.1) is 5.82 Å². The number of nitrogens with two attached hydrogens (primary N) is 1. The van der Waals surface area contributed by atoms with Crippen LogP contribution in [-0.4, -0.2) is 11.9 Å². The summed E-state index contributed by atoms with van der Waals surface area (Å²) in [4.78, 5) is 11.6. The molecule has 0 aromatic heterocycles. The number of ether oxygens (including phenoxy) is 1. The molecule has 1 fully saturated rings. The molecule has 5 heteroatoms. The van der Waals surface area contributed by atoms with Crippen LogP contribution in [0.3, 0.4) is 0 Å². The first-order valence-electron chi connectivity index (χ1n) is 7.86. The van der Waals surface area contributed by atoms with E-state index in [9.17, 15) is 9.18 Å². The van der Waals surface area contributed by atoms with Gasteiger partial charge in [0.2, 0.25) is 5.91 Å². The van der Waals surface area contributed by atoms with Gasteiger partial charge in [-0.05, 0) is 42.7 Å². The number of benzene rings is 2. The average Bonchev–Trinajstić information content (AvgIpc) is 3.37. The van der Waals surface area contributed by atoms with Crippen molar-refractivity contribution in [3.63, 3.8) is 0 Å². The number of nitrogens with one attached hydrogen (secondary N) is 1. The molecular formula is C19H19FN2O2. The molecule has 4 nitrogen and oxygen atoms in total. The van der Waals surface area contributed by atoms with Crippen LogP contribution in [0.25, 0.3) is 6.08 Å². The number of halogens is 1. The van der Waals surface area contributed by atoms with Crippen molar-refractivity contribution in [2.45, 2.75) is 25.5 Å². The van der Waals surface area contributed by atoms with Gasteiger partial charge in [0.1, 0.15) is 18.2 Å². The van der Waals surface area contributed by atoms with Crippen LogP contribution in [0.15, 0.2) is 48.5 Å². The van der Waals surface area contributed by atoms with Crippen molar-refractivity contribution in [1.29, 1.82) is 0 Å². The van der Waals surface area contributed by atoms with Crippen LogP contribution < -0.4 is 15.8 Å². The first-order chi connectivity index (χ1) is 11.6. The van der Waals surface area contributed by atoms with E-state index in [1.807, 2.05) is 0 Å². The molecule has 24 heavy (non-hydrogen) atoms. The van der Waals surface area contributed by atoms with Gasteiger partial charge >= 0.3 is 0 Å². The van der Waals surface area contributed by atoms with Gasteiger partial charge in [0, 0.05) is 17.7 Å². The van der Waals surface area contributed by atoms with Crippen molar-refractivity contribution < 1.29 is 13.9 Å². The monoisotopic (exact) mass is 326 g/mol. The lowest BCUT2D eigenvalue weighted by Crippen LogP contribution is -2.22. The second-order valence-corrected chi connectivity index (χ2v) is 5.79. The Morgan fingerprint density at radius 3 is 2.79 bits per heavy atom. The Bertz CT molecular complexity index is 770. The quantitative estimate of drug-likeness (QED) is 0.632. The Labute approximate surface area is 140 Å². The molecule has 0 unspecified atom stereocenters.